The molecule has 0 bridgehead atoms. The molecule has 0 fully saturated rings. The highest BCUT2D eigenvalue weighted by Gasteiger charge is 2.31. The van der Waals surface area contributed by atoms with E-state index >= 15 is 0 Å². The summed E-state index contributed by atoms with van der Waals surface area (Å²) < 4.78 is 0. The summed E-state index contributed by atoms with van der Waals surface area (Å²) >= 11 is 0. The van der Waals surface area contributed by atoms with E-state index < -0.39 is 0 Å². The van der Waals surface area contributed by atoms with Gasteiger partial charge in [0.1, 0.15) is 0 Å². The summed E-state index contributed by atoms with van der Waals surface area (Å²) in [5, 5.41) is 0. The van der Waals surface area contributed by atoms with Crippen molar-refractivity contribution in [1.29, 1.82) is 0 Å². The molecule has 1 nitrogen and oxygen atoms in total. The van der Waals surface area contributed by atoms with Crippen molar-refractivity contribution >= 4 is 5.78 Å². The maximum atomic E-state index is 12.1. The number of carbonyl (C=O) groups is 1. The predicted molar refractivity (Wildman–Crippen MR) is 64.8 cm³/mol. The molecular formula is C14H22O. The van der Waals surface area contributed by atoms with E-state index in [9.17, 15) is 4.79 Å². The summed E-state index contributed by atoms with van der Waals surface area (Å²) in [4.78, 5) is 12.1. The van der Waals surface area contributed by atoms with Crippen LogP contribution in [0.3, 0.4) is 0 Å². The third kappa shape index (κ3) is 2.80. The van der Waals surface area contributed by atoms with E-state index in [1.165, 1.54) is 12.0 Å². The lowest BCUT2D eigenvalue weighted by Crippen LogP contribution is -2.25. The zero-order valence-corrected chi connectivity index (χ0v) is 10.6. The lowest BCUT2D eigenvalue weighted by Gasteiger charge is -2.33. The van der Waals surface area contributed by atoms with Crippen LogP contribution in [-0.4, -0.2) is 5.78 Å². The van der Waals surface area contributed by atoms with Crippen LogP contribution < -0.4 is 0 Å². The molecule has 0 radical (unpaired) electrons. The molecular weight excluding hydrogens is 184 g/mol. The van der Waals surface area contributed by atoms with Crippen molar-refractivity contribution in [1.82, 2.24) is 0 Å². The SMILES string of the molecule is CC(C)=CC(=O)C1=C(C)CCCC1(C)C. The summed E-state index contributed by atoms with van der Waals surface area (Å²) in [5.74, 6) is 0.220. The number of hydrogen-bond donors (Lipinski definition) is 0. The highest BCUT2D eigenvalue weighted by molar-refractivity contribution is 6.05. The highest BCUT2D eigenvalue weighted by Crippen LogP contribution is 2.40. The average molecular weight is 206 g/mol. The third-order valence-corrected chi connectivity index (χ3v) is 3.12. The molecule has 0 heterocycles. The Labute approximate surface area is 93.3 Å². The van der Waals surface area contributed by atoms with Gasteiger partial charge in [0.25, 0.3) is 0 Å². The van der Waals surface area contributed by atoms with Crippen molar-refractivity contribution in [2.45, 2.75) is 53.9 Å². The van der Waals surface area contributed by atoms with Crippen LogP contribution in [0.1, 0.15) is 53.9 Å². The summed E-state index contributed by atoms with van der Waals surface area (Å²) in [6, 6.07) is 0. The van der Waals surface area contributed by atoms with Gasteiger partial charge in [-0.05, 0) is 51.5 Å². The largest absolute Gasteiger partial charge is 0.290 e. The van der Waals surface area contributed by atoms with Gasteiger partial charge in [0, 0.05) is 5.57 Å². The smallest absolute Gasteiger partial charge is 0.182 e. The quantitative estimate of drug-likeness (QED) is 0.623. The number of rotatable bonds is 2. The number of hydrogen-bond acceptors (Lipinski definition) is 1. The molecule has 1 aliphatic rings. The van der Waals surface area contributed by atoms with Gasteiger partial charge in [0.2, 0.25) is 0 Å². The van der Waals surface area contributed by atoms with Crippen LogP contribution in [0.5, 0.6) is 0 Å². The first-order valence-electron chi connectivity index (χ1n) is 5.74. The molecule has 0 aromatic carbocycles. The zero-order valence-electron chi connectivity index (χ0n) is 10.6. The molecule has 0 aromatic rings. The minimum Gasteiger partial charge on any atom is -0.290 e. The Kier molecular flexibility index (Phi) is 3.54. The second kappa shape index (κ2) is 4.34. The van der Waals surface area contributed by atoms with Gasteiger partial charge < -0.3 is 0 Å². The van der Waals surface area contributed by atoms with E-state index in [1.807, 2.05) is 13.8 Å². The van der Waals surface area contributed by atoms with Gasteiger partial charge >= 0.3 is 0 Å². The molecule has 0 spiro atoms. The monoisotopic (exact) mass is 206 g/mol. The van der Waals surface area contributed by atoms with Gasteiger partial charge in [-0.25, -0.2) is 0 Å². The lowest BCUT2D eigenvalue weighted by atomic mass is 9.71. The molecule has 0 N–H and O–H groups in total. The van der Waals surface area contributed by atoms with Gasteiger partial charge in [0.15, 0.2) is 5.78 Å². The molecule has 84 valence electrons. The Bertz CT molecular complexity index is 325. The van der Waals surface area contributed by atoms with Crippen LogP contribution in [0.15, 0.2) is 22.8 Å². The Hall–Kier alpha value is -0.850. The van der Waals surface area contributed by atoms with E-state index in [4.69, 9.17) is 0 Å². The fraction of sp³-hybridized carbons (Fsp3) is 0.643. The van der Waals surface area contributed by atoms with Crippen LogP contribution >= 0.6 is 0 Å². The third-order valence-electron chi connectivity index (χ3n) is 3.12. The molecule has 0 amide bonds. The number of carbonyl (C=O) groups excluding carboxylic acids is 1. The minimum atomic E-state index is 0.0609. The molecule has 1 aliphatic carbocycles. The molecule has 1 rings (SSSR count). The van der Waals surface area contributed by atoms with Gasteiger partial charge in [-0.15, -0.1) is 0 Å². The summed E-state index contributed by atoms with van der Waals surface area (Å²) in [6.07, 6.45) is 5.19. The fourth-order valence-electron chi connectivity index (χ4n) is 2.50. The van der Waals surface area contributed by atoms with Gasteiger partial charge in [-0.3, -0.25) is 4.79 Å². The second-order valence-corrected chi connectivity index (χ2v) is 5.48. The minimum absolute atomic E-state index is 0.0609. The topological polar surface area (TPSA) is 17.1 Å². The van der Waals surface area contributed by atoms with Crippen LogP contribution in [0.2, 0.25) is 0 Å². The molecule has 0 saturated carbocycles. The van der Waals surface area contributed by atoms with Crippen LogP contribution in [0.4, 0.5) is 0 Å². The van der Waals surface area contributed by atoms with E-state index in [2.05, 4.69) is 20.8 Å². The first-order valence-corrected chi connectivity index (χ1v) is 5.74. The average Bonchev–Trinajstić information content (AvgIpc) is 1.99. The van der Waals surface area contributed by atoms with E-state index in [0.29, 0.717) is 0 Å². The highest BCUT2D eigenvalue weighted by atomic mass is 16.1. The fourth-order valence-corrected chi connectivity index (χ4v) is 2.50. The van der Waals surface area contributed by atoms with Crippen LogP contribution in [0.25, 0.3) is 0 Å². The maximum absolute atomic E-state index is 12.1. The maximum Gasteiger partial charge on any atom is 0.182 e. The van der Waals surface area contributed by atoms with E-state index in [0.717, 1.165) is 24.0 Å². The van der Waals surface area contributed by atoms with E-state index in [-0.39, 0.29) is 11.2 Å². The first kappa shape index (κ1) is 12.2. The Balaban J connectivity index is 3.09. The molecule has 1 heteroatoms. The molecule has 0 saturated heterocycles. The van der Waals surface area contributed by atoms with Crippen molar-refractivity contribution < 1.29 is 4.79 Å². The Morgan fingerprint density at radius 1 is 1.33 bits per heavy atom. The second-order valence-electron chi connectivity index (χ2n) is 5.48. The van der Waals surface area contributed by atoms with Gasteiger partial charge in [-0.1, -0.05) is 25.0 Å². The normalized spacial score (nSPS) is 20.1. The molecule has 15 heavy (non-hydrogen) atoms. The molecule has 0 aromatic heterocycles. The Morgan fingerprint density at radius 3 is 2.40 bits per heavy atom. The zero-order chi connectivity index (χ0) is 11.6. The van der Waals surface area contributed by atoms with Crippen LogP contribution in [0, 0.1) is 5.41 Å². The lowest BCUT2D eigenvalue weighted by molar-refractivity contribution is -0.112. The van der Waals surface area contributed by atoms with Crippen molar-refractivity contribution in [3.63, 3.8) is 0 Å². The van der Waals surface area contributed by atoms with Crippen LogP contribution in [-0.2, 0) is 4.79 Å². The molecule has 0 aliphatic heterocycles. The van der Waals surface area contributed by atoms with Crippen molar-refractivity contribution in [2.24, 2.45) is 5.41 Å². The van der Waals surface area contributed by atoms with Crippen molar-refractivity contribution in [3.8, 4) is 0 Å². The van der Waals surface area contributed by atoms with Crippen molar-refractivity contribution in [2.75, 3.05) is 0 Å². The number of allylic oxidation sites excluding steroid dienone is 4. The first-order chi connectivity index (χ1) is 6.84. The molecule has 0 atom stereocenters. The predicted octanol–water partition coefficient (Wildman–Crippen LogP) is 4.05. The summed E-state index contributed by atoms with van der Waals surface area (Å²) in [5.41, 5.74) is 3.48. The van der Waals surface area contributed by atoms with Crippen molar-refractivity contribution in [3.05, 3.63) is 22.8 Å². The Morgan fingerprint density at radius 2 is 1.93 bits per heavy atom. The van der Waals surface area contributed by atoms with Gasteiger partial charge in [-0.2, -0.15) is 0 Å². The van der Waals surface area contributed by atoms with E-state index in [1.54, 1.807) is 6.08 Å². The summed E-state index contributed by atoms with van der Waals surface area (Å²) in [6.45, 7) is 10.4. The summed E-state index contributed by atoms with van der Waals surface area (Å²) in [7, 11) is 0. The standard InChI is InChI=1S/C14H22O/c1-10(2)9-12(15)13-11(3)7-6-8-14(13,4)5/h9H,6-8H2,1-5H3. The van der Waals surface area contributed by atoms with Gasteiger partial charge in [0.05, 0.1) is 0 Å². The molecule has 0 unspecified atom stereocenters. The number of ketones is 1.